The van der Waals surface area contributed by atoms with Gasteiger partial charge in [0.15, 0.2) is 26.1 Å². The number of aliphatic hydroxyl groups is 1. The van der Waals surface area contributed by atoms with Gasteiger partial charge in [-0.3, -0.25) is 14.7 Å². The Labute approximate surface area is 245 Å². The third kappa shape index (κ3) is 6.94. The van der Waals surface area contributed by atoms with Crippen molar-refractivity contribution in [3.8, 4) is 0 Å². The van der Waals surface area contributed by atoms with Gasteiger partial charge in [0.1, 0.15) is 23.8 Å². The Balaban J connectivity index is 1.99. The second-order valence-corrected chi connectivity index (χ2v) is 20.6. The van der Waals surface area contributed by atoms with Crippen LogP contribution in [0.15, 0.2) is 6.33 Å². The quantitative estimate of drug-likeness (QED) is 0.232. The number of aromatic nitrogens is 4. The lowest BCUT2D eigenvalue weighted by Crippen LogP contribution is -2.49. The van der Waals surface area contributed by atoms with E-state index in [1.807, 2.05) is 27.7 Å². The molecule has 0 aromatic carbocycles. The molecule has 1 amide bonds. The number of hydrogen-bond donors (Lipinski definition) is 3. The Morgan fingerprint density at radius 1 is 1.12 bits per heavy atom. The van der Waals surface area contributed by atoms with E-state index < -0.39 is 42.1 Å². The van der Waals surface area contributed by atoms with Gasteiger partial charge in [-0.1, -0.05) is 80.8 Å². The summed E-state index contributed by atoms with van der Waals surface area (Å²) in [6.45, 7) is 20.0. The van der Waals surface area contributed by atoms with Crippen molar-refractivity contribution in [3.63, 3.8) is 0 Å². The molecular weight excluding hydrogens is 570 g/mol. The second-order valence-electron chi connectivity index (χ2n) is 12.3. The van der Waals surface area contributed by atoms with Gasteiger partial charge in [0.2, 0.25) is 11.9 Å². The van der Waals surface area contributed by atoms with Crippen LogP contribution in [0.2, 0.25) is 27.3 Å². The molecule has 3 rings (SSSR count). The molecule has 2 aromatic rings. The third-order valence-corrected chi connectivity index (χ3v) is 14.9. The molecule has 2 aromatic heterocycles. The molecule has 1 saturated heterocycles. The minimum absolute atomic E-state index is 0.0293. The molecular formula is C26H46ClN5O6Si2. The fraction of sp³-hybridized carbons (Fsp3) is 0.769. The van der Waals surface area contributed by atoms with Crippen molar-refractivity contribution in [2.75, 3.05) is 11.9 Å². The molecule has 14 heteroatoms. The summed E-state index contributed by atoms with van der Waals surface area (Å²) in [5.74, 6) is -0.496. The molecule has 3 heterocycles. The Bertz CT molecular complexity index is 1150. The van der Waals surface area contributed by atoms with Gasteiger partial charge in [0.25, 0.3) is 0 Å². The number of aliphatic hydroxyl groups excluding tert-OH is 1. The van der Waals surface area contributed by atoms with E-state index in [2.05, 4.69) is 48.0 Å². The van der Waals surface area contributed by atoms with Gasteiger partial charge < -0.3 is 23.5 Å². The summed E-state index contributed by atoms with van der Waals surface area (Å²) in [5.41, 5.74) is 1.23. The van der Waals surface area contributed by atoms with Crippen LogP contribution in [0.3, 0.4) is 0 Å². The first kappa shape index (κ1) is 33.1. The highest BCUT2D eigenvalue weighted by Gasteiger charge is 2.50. The number of hydrogen-bond acceptors (Lipinski definition) is 9. The number of rotatable bonds is 12. The predicted octanol–water partition coefficient (Wildman–Crippen LogP) is 4.53. The topological polar surface area (TPSA) is 141 Å². The van der Waals surface area contributed by atoms with Crippen molar-refractivity contribution < 1.29 is 28.3 Å². The Morgan fingerprint density at radius 3 is 2.25 bits per heavy atom. The zero-order valence-electron chi connectivity index (χ0n) is 25.3. The number of carbonyl (C=O) groups excluding carboxylic acids is 1. The number of fused-ring (bicyclic) bond motifs is 1. The smallest absolute Gasteiger partial charge is 0.340 e. The van der Waals surface area contributed by atoms with E-state index in [0.717, 1.165) is 0 Å². The fourth-order valence-electron chi connectivity index (χ4n) is 5.11. The molecule has 11 nitrogen and oxygen atoms in total. The van der Waals surface area contributed by atoms with Crippen LogP contribution in [0.4, 0.5) is 5.95 Å². The normalized spacial score (nSPS) is 22.3. The molecule has 226 valence electrons. The van der Waals surface area contributed by atoms with Crippen LogP contribution in [-0.4, -0.2) is 77.8 Å². The van der Waals surface area contributed by atoms with Gasteiger partial charge in [0.05, 0.1) is 12.9 Å². The molecule has 40 heavy (non-hydrogen) atoms. The second kappa shape index (κ2) is 13.2. The Kier molecular flexibility index (Phi) is 10.9. The zero-order valence-corrected chi connectivity index (χ0v) is 28.2. The lowest BCUT2D eigenvalue weighted by atomic mass is 10.1. The molecule has 1 unspecified atom stereocenters. The first-order chi connectivity index (χ1) is 18.6. The molecule has 4 atom stereocenters. The summed E-state index contributed by atoms with van der Waals surface area (Å²) in [7, 11) is -4.86. The highest BCUT2D eigenvalue weighted by molar-refractivity contribution is 6.68. The molecule has 0 spiro atoms. The zero-order chi connectivity index (χ0) is 30.1. The van der Waals surface area contributed by atoms with E-state index in [0.29, 0.717) is 22.2 Å². The number of halogens is 1. The molecule has 3 N–H and O–H groups in total. The van der Waals surface area contributed by atoms with Crippen molar-refractivity contribution >= 4 is 52.2 Å². The number of amides is 1. The minimum Gasteiger partial charge on any atom is -0.411 e. The summed E-state index contributed by atoms with van der Waals surface area (Å²) in [6, 6.07) is 0. The van der Waals surface area contributed by atoms with Gasteiger partial charge in [-0.25, -0.2) is 4.98 Å². The molecule has 1 aliphatic heterocycles. The average Bonchev–Trinajstić information content (AvgIpc) is 3.40. The van der Waals surface area contributed by atoms with Crippen molar-refractivity contribution in [3.05, 3.63) is 11.5 Å². The maximum absolute atomic E-state index is 12.3. The number of imidazole rings is 1. The van der Waals surface area contributed by atoms with Crippen LogP contribution < -0.4 is 5.32 Å². The molecule has 1 fully saturated rings. The van der Waals surface area contributed by atoms with Crippen LogP contribution in [0.5, 0.6) is 0 Å². The lowest BCUT2D eigenvalue weighted by molar-refractivity contribution is -0.118. The van der Waals surface area contributed by atoms with Crippen LogP contribution in [0.1, 0.15) is 75.5 Å². The minimum atomic E-state index is -3.08. The SMILES string of the molecule is CC(C)C(=O)Nc1nc(Cl)c2ncn([C@@H]3O[C@H](CO[Si](O)(C(C)C)C(C)C)C(O[SiH](C(C)C)C(C)C)[C@@H]3O)c2n1. The van der Waals surface area contributed by atoms with Crippen LogP contribution in [0, 0.1) is 5.92 Å². The summed E-state index contributed by atoms with van der Waals surface area (Å²) >= 11 is 6.39. The molecule has 0 radical (unpaired) electrons. The first-order valence-electron chi connectivity index (χ1n) is 14.1. The van der Waals surface area contributed by atoms with Crippen molar-refractivity contribution in [2.45, 2.75) is 116 Å². The Morgan fingerprint density at radius 2 is 1.73 bits per heavy atom. The van der Waals surface area contributed by atoms with E-state index in [9.17, 15) is 14.7 Å². The van der Waals surface area contributed by atoms with Gasteiger partial charge in [0, 0.05) is 5.92 Å². The number of carbonyl (C=O) groups is 1. The summed E-state index contributed by atoms with van der Waals surface area (Å²) < 4.78 is 20.9. The summed E-state index contributed by atoms with van der Waals surface area (Å²) in [6.07, 6.45) is -1.82. The average molecular weight is 616 g/mol. The van der Waals surface area contributed by atoms with Crippen molar-refractivity contribution in [1.29, 1.82) is 0 Å². The number of ether oxygens (including phenoxy) is 1. The highest BCUT2D eigenvalue weighted by Crippen LogP contribution is 2.38. The molecule has 0 saturated carbocycles. The van der Waals surface area contributed by atoms with Crippen molar-refractivity contribution in [2.24, 2.45) is 5.92 Å². The van der Waals surface area contributed by atoms with Crippen LogP contribution >= 0.6 is 11.6 Å². The number of nitrogens with one attached hydrogen (secondary N) is 1. The first-order valence-corrected chi connectivity index (χ1v) is 18.3. The molecule has 1 aliphatic rings. The van der Waals surface area contributed by atoms with Gasteiger partial charge in [-0.15, -0.1) is 0 Å². The maximum atomic E-state index is 12.3. The van der Waals surface area contributed by atoms with E-state index in [1.165, 1.54) is 6.33 Å². The van der Waals surface area contributed by atoms with Crippen LogP contribution in [-0.2, 0) is 18.4 Å². The standard InChI is InChI=1S/C26H46ClN5O6Si2/c1-13(2)24(34)31-26-29-22(27)19-23(30-26)32(12-28-19)25-20(33)21(38-39(14(3)4)15(5)6)18(37-25)11-36-40(35,16(7)8)17(9)10/h12-18,20-21,25,33,35,39H,11H2,1-10H3,(H,29,30,31,34)/t18-,20+,21?,25-/m1/s1. The third-order valence-electron chi connectivity index (χ3n) is 7.48. The van der Waals surface area contributed by atoms with E-state index in [4.69, 9.17) is 25.2 Å². The lowest BCUT2D eigenvalue weighted by Gasteiger charge is -2.35. The Hall–Kier alpha value is -1.46. The molecule has 0 aliphatic carbocycles. The van der Waals surface area contributed by atoms with Crippen LogP contribution in [0.25, 0.3) is 11.2 Å². The fourth-order valence-corrected chi connectivity index (χ4v) is 10.6. The largest absolute Gasteiger partial charge is 0.411 e. The van der Waals surface area contributed by atoms with Gasteiger partial charge in [-0.05, 0) is 22.2 Å². The predicted molar refractivity (Wildman–Crippen MR) is 160 cm³/mol. The monoisotopic (exact) mass is 615 g/mol. The maximum Gasteiger partial charge on any atom is 0.340 e. The summed E-state index contributed by atoms with van der Waals surface area (Å²) in [4.78, 5) is 36.7. The number of nitrogens with zero attached hydrogens (tertiary/aromatic N) is 4. The van der Waals surface area contributed by atoms with E-state index >= 15 is 0 Å². The van der Waals surface area contributed by atoms with Gasteiger partial charge in [-0.2, -0.15) is 9.97 Å². The summed E-state index contributed by atoms with van der Waals surface area (Å²) in [5, 5.41) is 14.4. The highest BCUT2D eigenvalue weighted by atomic mass is 35.5. The van der Waals surface area contributed by atoms with Gasteiger partial charge >= 0.3 is 8.56 Å². The van der Waals surface area contributed by atoms with E-state index in [1.54, 1.807) is 18.4 Å². The molecule has 0 bridgehead atoms. The van der Waals surface area contributed by atoms with E-state index in [-0.39, 0.29) is 40.6 Å². The van der Waals surface area contributed by atoms with Crippen molar-refractivity contribution in [1.82, 2.24) is 19.5 Å². The number of anilines is 1.